The minimum Gasteiger partial charge on any atom is -0.379 e. The van der Waals surface area contributed by atoms with Crippen molar-refractivity contribution in [2.45, 2.75) is 25.4 Å². The lowest BCUT2D eigenvalue weighted by molar-refractivity contribution is 0.0342. The van der Waals surface area contributed by atoms with Crippen molar-refractivity contribution in [2.24, 2.45) is 0 Å². The first-order valence-corrected chi connectivity index (χ1v) is 8.76. The van der Waals surface area contributed by atoms with E-state index in [1.165, 1.54) is 50.3 Å². The number of benzene rings is 1. The van der Waals surface area contributed by atoms with Gasteiger partial charge in [-0.25, -0.2) is 0 Å². The van der Waals surface area contributed by atoms with Crippen molar-refractivity contribution in [1.29, 1.82) is 0 Å². The lowest BCUT2D eigenvalue weighted by Gasteiger charge is -2.36. The summed E-state index contributed by atoms with van der Waals surface area (Å²) >= 11 is 0. The third-order valence-corrected chi connectivity index (χ3v) is 5.16. The highest BCUT2D eigenvalue weighted by atomic mass is 16.5. The first-order valence-electron chi connectivity index (χ1n) is 8.76. The number of nitrogens with zero attached hydrogens (tertiary/aromatic N) is 3. The van der Waals surface area contributed by atoms with Gasteiger partial charge in [0, 0.05) is 57.5 Å². The van der Waals surface area contributed by atoms with Gasteiger partial charge in [0.1, 0.15) is 0 Å². The van der Waals surface area contributed by atoms with Crippen molar-refractivity contribution in [3.05, 3.63) is 29.8 Å². The van der Waals surface area contributed by atoms with E-state index >= 15 is 0 Å². The standard InChI is InChI=1S/C18H27N3O/c1-2-16(15-19-10-12-22-13-11-19)14-18(3-1)21-8-6-20(7-9-21)17-4-5-17/h1-3,14,17H,4-13,15H2. The Kier molecular flexibility index (Phi) is 4.33. The number of ether oxygens (including phenoxy) is 1. The molecule has 120 valence electrons. The molecule has 0 spiro atoms. The molecule has 0 radical (unpaired) electrons. The van der Waals surface area contributed by atoms with E-state index in [4.69, 9.17) is 4.74 Å². The number of morpholine rings is 1. The summed E-state index contributed by atoms with van der Waals surface area (Å²) in [7, 11) is 0. The summed E-state index contributed by atoms with van der Waals surface area (Å²) in [5, 5.41) is 0. The molecule has 0 aromatic heterocycles. The van der Waals surface area contributed by atoms with Gasteiger partial charge >= 0.3 is 0 Å². The molecule has 4 rings (SSSR count). The molecule has 1 aromatic carbocycles. The minimum atomic E-state index is 0.878. The van der Waals surface area contributed by atoms with E-state index in [2.05, 4.69) is 39.0 Å². The molecule has 1 aromatic rings. The molecular weight excluding hydrogens is 274 g/mol. The molecule has 2 saturated heterocycles. The van der Waals surface area contributed by atoms with Crippen molar-refractivity contribution >= 4 is 5.69 Å². The molecular formula is C18H27N3O. The molecule has 22 heavy (non-hydrogen) atoms. The SMILES string of the molecule is c1cc(CN2CCOCC2)cc(N2CCN(C3CC3)CC2)c1. The van der Waals surface area contributed by atoms with Crippen LogP contribution in [0, 0.1) is 0 Å². The van der Waals surface area contributed by atoms with Crippen LogP contribution >= 0.6 is 0 Å². The zero-order valence-electron chi connectivity index (χ0n) is 13.4. The lowest BCUT2D eigenvalue weighted by atomic mass is 10.1. The number of hydrogen-bond donors (Lipinski definition) is 0. The Balaban J connectivity index is 1.36. The number of anilines is 1. The van der Waals surface area contributed by atoms with Crippen LogP contribution in [0.25, 0.3) is 0 Å². The summed E-state index contributed by atoms with van der Waals surface area (Å²) in [5.41, 5.74) is 2.84. The van der Waals surface area contributed by atoms with E-state index in [-0.39, 0.29) is 0 Å². The van der Waals surface area contributed by atoms with Crippen molar-refractivity contribution in [3.8, 4) is 0 Å². The van der Waals surface area contributed by atoms with Crippen molar-refractivity contribution < 1.29 is 4.74 Å². The second-order valence-electron chi connectivity index (χ2n) is 6.81. The van der Waals surface area contributed by atoms with Gasteiger partial charge in [-0.2, -0.15) is 0 Å². The number of piperazine rings is 1. The average Bonchev–Trinajstić information content (AvgIpc) is 3.41. The molecule has 0 atom stereocenters. The van der Waals surface area contributed by atoms with Crippen molar-refractivity contribution in [2.75, 3.05) is 57.4 Å². The van der Waals surface area contributed by atoms with E-state index in [1.54, 1.807) is 0 Å². The second kappa shape index (κ2) is 6.57. The highest BCUT2D eigenvalue weighted by Crippen LogP contribution is 2.28. The molecule has 2 aliphatic heterocycles. The lowest BCUT2D eigenvalue weighted by Crippen LogP contribution is -2.47. The van der Waals surface area contributed by atoms with E-state index in [0.29, 0.717) is 0 Å². The molecule has 1 aliphatic carbocycles. The average molecular weight is 301 g/mol. The summed E-state index contributed by atoms with van der Waals surface area (Å²) in [6.45, 7) is 9.76. The Morgan fingerprint density at radius 3 is 2.45 bits per heavy atom. The molecule has 2 heterocycles. The molecule has 1 saturated carbocycles. The Hall–Kier alpha value is -1.10. The van der Waals surface area contributed by atoms with Gasteiger partial charge in [0.2, 0.25) is 0 Å². The third kappa shape index (κ3) is 3.45. The topological polar surface area (TPSA) is 19.0 Å². The fourth-order valence-corrected chi connectivity index (χ4v) is 3.65. The van der Waals surface area contributed by atoms with Crippen molar-refractivity contribution in [3.63, 3.8) is 0 Å². The zero-order valence-corrected chi connectivity index (χ0v) is 13.4. The summed E-state index contributed by atoms with van der Waals surface area (Å²) in [4.78, 5) is 7.73. The van der Waals surface area contributed by atoms with E-state index in [1.807, 2.05) is 0 Å². The maximum absolute atomic E-state index is 5.44. The Morgan fingerprint density at radius 1 is 0.955 bits per heavy atom. The van der Waals surface area contributed by atoms with Crippen LogP contribution in [0.1, 0.15) is 18.4 Å². The molecule has 3 aliphatic rings. The molecule has 3 fully saturated rings. The molecule has 0 bridgehead atoms. The van der Waals surface area contributed by atoms with Crippen LogP contribution in [0.15, 0.2) is 24.3 Å². The van der Waals surface area contributed by atoms with Crippen LogP contribution in [0.3, 0.4) is 0 Å². The van der Waals surface area contributed by atoms with Crippen molar-refractivity contribution in [1.82, 2.24) is 9.80 Å². The summed E-state index contributed by atoms with van der Waals surface area (Å²) in [6, 6.07) is 10.1. The second-order valence-corrected chi connectivity index (χ2v) is 6.81. The fraction of sp³-hybridized carbons (Fsp3) is 0.667. The van der Waals surface area contributed by atoms with Gasteiger partial charge in [-0.3, -0.25) is 9.80 Å². The number of rotatable bonds is 4. The predicted octanol–water partition coefficient (Wildman–Crippen LogP) is 1.80. The Labute approximate surface area is 133 Å². The quantitative estimate of drug-likeness (QED) is 0.844. The van der Waals surface area contributed by atoms with Crippen LogP contribution in [-0.4, -0.2) is 68.3 Å². The van der Waals surface area contributed by atoms with E-state index in [0.717, 1.165) is 38.9 Å². The molecule has 0 N–H and O–H groups in total. The van der Waals surface area contributed by atoms with Gasteiger partial charge in [-0.1, -0.05) is 12.1 Å². The zero-order chi connectivity index (χ0) is 14.8. The summed E-state index contributed by atoms with van der Waals surface area (Å²) in [6.07, 6.45) is 2.85. The van der Waals surface area contributed by atoms with Crippen LogP contribution < -0.4 is 4.90 Å². The van der Waals surface area contributed by atoms with Crippen LogP contribution in [0.4, 0.5) is 5.69 Å². The smallest absolute Gasteiger partial charge is 0.0594 e. The molecule has 4 nitrogen and oxygen atoms in total. The number of hydrogen-bond acceptors (Lipinski definition) is 4. The van der Waals surface area contributed by atoms with Gasteiger partial charge in [0.05, 0.1) is 13.2 Å². The first kappa shape index (κ1) is 14.5. The Bertz CT molecular complexity index is 489. The van der Waals surface area contributed by atoms with Crippen LogP contribution in [0.5, 0.6) is 0 Å². The normalized spacial score (nSPS) is 24.6. The maximum atomic E-state index is 5.44. The van der Waals surface area contributed by atoms with Crippen LogP contribution in [0.2, 0.25) is 0 Å². The molecule has 0 unspecified atom stereocenters. The third-order valence-electron chi connectivity index (χ3n) is 5.16. The summed E-state index contributed by atoms with van der Waals surface area (Å²) < 4.78 is 5.44. The van der Waals surface area contributed by atoms with Crippen LogP contribution in [-0.2, 0) is 11.3 Å². The first-order chi connectivity index (χ1) is 10.9. The molecule has 0 amide bonds. The highest BCUT2D eigenvalue weighted by Gasteiger charge is 2.31. The monoisotopic (exact) mass is 301 g/mol. The van der Waals surface area contributed by atoms with Gasteiger partial charge in [0.15, 0.2) is 0 Å². The van der Waals surface area contributed by atoms with E-state index < -0.39 is 0 Å². The van der Waals surface area contributed by atoms with Gasteiger partial charge in [-0.05, 0) is 30.5 Å². The van der Waals surface area contributed by atoms with Gasteiger partial charge in [0.25, 0.3) is 0 Å². The largest absolute Gasteiger partial charge is 0.379 e. The Morgan fingerprint density at radius 2 is 1.73 bits per heavy atom. The minimum absolute atomic E-state index is 0.878. The van der Waals surface area contributed by atoms with E-state index in [9.17, 15) is 0 Å². The fourth-order valence-electron chi connectivity index (χ4n) is 3.65. The van der Waals surface area contributed by atoms with Gasteiger partial charge in [-0.15, -0.1) is 0 Å². The summed E-state index contributed by atoms with van der Waals surface area (Å²) in [5.74, 6) is 0. The maximum Gasteiger partial charge on any atom is 0.0594 e. The molecule has 4 heteroatoms. The van der Waals surface area contributed by atoms with Gasteiger partial charge < -0.3 is 9.64 Å². The highest BCUT2D eigenvalue weighted by molar-refractivity contribution is 5.49. The predicted molar refractivity (Wildman–Crippen MR) is 89.3 cm³/mol.